The Labute approximate surface area is 377 Å². The maximum atomic E-state index is 11.3. The molecule has 0 spiro atoms. The van der Waals surface area contributed by atoms with Crippen molar-refractivity contribution in [1.29, 1.82) is 5.26 Å². The number of hydrogen-bond acceptors (Lipinski definition) is 1. The highest BCUT2D eigenvalue weighted by Gasteiger charge is 2.24. The Morgan fingerprint density at radius 1 is 0.348 bits per heavy atom. The summed E-state index contributed by atoms with van der Waals surface area (Å²) in [5, 5.41) is 22.5. The van der Waals surface area contributed by atoms with Crippen LogP contribution in [0.4, 0.5) is 5.69 Å². The molecule has 0 aliphatic heterocycles. The molecule has 6 nitrogen and oxygen atoms in total. The lowest BCUT2D eigenvalue weighted by atomic mass is 10.0. The van der Waals surface area contributed by atoms with Crippen LogP contribution in [0.15, 0.2) is 206 Å². The van der Waals surface area contributed by atoms with Crippen LogP contribution in [0, 0.1) is 17.9 Å². The Balaban J connectivity index is 1.09. The fraction of sp³-hybridized carbons (Fsp3) is 0. The third-order valence-electron chi connectivity index (χ3n) is 13.8. The van der Waals surface area contributed by atoms with E-state index in [0.717, 1.165) is 98.6 Å². The smallest absolute Gasteiger partial charge is 0.212 e. The van der Waals surface area contributed by atoms with E-state index in [9.17, 15) is 5.26 Å². The Morgan fingerprint density at radius 2 is 0.833 bits per heavy atom. The predicted molar refractivity (Wildman–Crippen MR) is 272 cm³/mol. The van der Waals surface area contributed by atoms with Gasteiger partial charge in [0.1, 0.15) is 6.07 Å². The average Bonchev–Trinajstić information content (AvgIpc) is 4.10. The van der Waals surface area contributed by atoms with Crippen molar-refractivity contribution >= 4 is 104 Å². The van der Waals surface area contributed by atoms with Gasteiger partial charge in [0.15, 0.2) is 0 Å². The Kier molecular flexibility index (Phi) is 7.43. The van der Waals surface area contributed by atoms with Crippen LogP contribution in [0.3, 0.4) is 0 Å². The summed E-state index contributed by atoms with van der Waals surface area (Å²) in [4.78, 5) is 4.24. The molecule has 0 N–H and O–H groups in total. The van der Waals surface area contributed by atoms with Crippen molar-refractivity contribution in [2.45, 2.75) is 0 Å². The zero-order valence-corrected chi connectivity index (χ0v) is 35.3. The predicted octanol–water partition coefficient (Wildman–Crippen LogP) is 15.7. The topological polar surface area (TPSA) is 47.9 Å². The Morgan fingerprint density at radius 3 is 1.50 bits per heavy atom. The molecule has 0 aliphatic carbocycles. The minimum Gasteiger partial charge on any atom is -0.319 e. The first-order valence-corrected chi connectivity index (χ1v) is 22.1. The summed E-state index contributed by atoms with van der Waals surface area (Å²) in [6.45, 7) is 8.75. The van der Waals surface area contributed by atoms with E-state index < -0.39 is 0 Å². The van der Waals surface area contributed by atoms with Crippen molar-refractivity contribution in [2.24, 2.45) is 0 Å². The minimum absolute atomic E-state index is 0.457. The SMILES string of the molecule is [C-]#[N+]c1cc(-n2c3ccc(-n4c5ccccc5c5ccccc54)cc3c3cc4c(cc32)c2ccccc2n4-c2ccccc2)c(C#N)cc1-n1c2ccccc2c2c3ccccc3ccc21. The molecule has 0 bridgehead atoms. The van der Waals surface area contributed by atoms with Gasteiger partial charge in [-0.15, -0.1) is 0 Å². The summed E-state index contributed by atoms with van der Waals surface area (Å²) >= 11 is 0. The third kappa shape index (κ3) is 4.87. The van der Waals surface area contributed by atoms with E-state index in [1.165, 1.54) is 10.8 Å². The number of benzene rings is 10. The number of rotatable bonds is 4. The van der Waals surface area contributed by atoms with Gasteiger partial charge in [-0.25, -0.2) is 4.85 Å². The summed E-state index contributed by atoms with van der Waals surface area (Å²) in [6.07, 6.45) is 0. The van der Waals surface area contributed by atoms with Crippen LogP contribution < -0.4 is 0 Å². The van der Waals surface area contributed by atoms with E-state index in [0.29, 0.717) is 22.6 Å². The van der Waals surface area contributed by atoms with Crippen molar-refractivity contribution in [3.8, 4) is 28.8 Å². The van der Waals surface area contributed by atoms with Crippen LogP contribution in [-0.4, -0.2) is 18.3 Å². The molecular formula is C60H34N6. The summed E-state index contributed by atoms with van der Waals surface area (Å²) < 4.78 is 9.09. The molecule has 0 radical (unpaired) electrons. The lowest BCUT2D eigenvalue weighted by molar-refractivity contribution is 1.14. The second kappa shape index (κ2) is 13.6. The van der Waals surface area contributed by atoms with Gasteiger partial charge in [0.05, 0.1) is 67.6 Å². The molecule has 0 saturated heterocycles. The molecule has 14 rings (SSSR count). The fourth-order valence-corrected chi connectivity index (χ4v) is 11.0. The van der Waals surface area contributed by atoms with Crippen LogP contribution >= 0.6 is 0 Å². The van der Waals surface area contributed by atoms with Gasteiger partial charge in [-0.3, -0.25) is 0 Å². The van der Waals surface area contributed by atoms with Crippen molar-refractivity contribution in [3.63, 3.8) is 0 Å². The largest absolute Gasteiger partial charge is 0.319 e. The fourth-order valence-electron chi connectivity index (χ4n) is 11.0. The molecule has 0 unspecified atom stereocenters. The number of para-hydroxylation sites is 5. The normalized spacial score (nSPS) is 11.9. The van der Waals surface area contributed by atoms with E-state index in [1.807, 2.05) is 18.2 Å². The van der Waals surface area contributed by atoms with Crippen molar-refractivity contribution in [2.75, 3.05) is 0 Å². The monoisotopic (exact) mass is 838 g/mol. The molecule has 0 fully saturated rings. The average molecular weight is 839 g/mol. The highest BCUT2D eigenvalue weighted by atomic mass is 15.0. The van der Waals surface area contributed by atoms with E-state index in [1.54, 1.807) is 0 Å². The molecular weight excluding hydrogens is 805 g/mol. The first-order chi connectivity index (χ1) is 32.7. The van der Waals surface area contributed by atoms with E-state index >= 15 is 0 Å². The molecule has 0 atom stereocenters. The molecule has 0 amide bonds. The zero-order valence-electron chi connectivity index (χ0n) is 35.3. The summed E-state index contributed by atoms with van der Waals surface area (Å²) in [5.74, 6) is 0. The number of nitrogens with zero attached hydrogens (tertiary/aromatic N) is 6. The van der Waals surface area contributed by atoms with Gasteiger partial charge in [-0.1, -0.05) is 121 Å². The molecule has 66 heavy (non-hydrogen) atoms. The van der Waals surface area contributed by atoms with E-state index in [2.05, 4.69) is 217 Å². The number of fused-ring (bicyclic) bond motifs is 14. The minimum atomic E-state index is 0.457. The van der Waals surface area contributed by atoms with Gasteiger partial charge < -0.3 is 18.3 Å². The van der Waals surface area contributed by atoms with E-state index in [4.69, 9.17) is 6.57 Å². The maximum Gasteiger partial charge on any atom is 0.212 e. The zero-order chi connectivity index (χ0) is 43.6. The number of nitriles is 1. The molecule has 6 heteroatoms. The molecule has 4 heterocycles. The molecule has 304 valence electrons. The van der Waals surface area contributed by atoms with Gasteiger partial charge in [-0.05, 0) is 95.7 Å². The first kappa shape index (κ1) is 36.2. The van der Waals surface area contributed by atoms with Crippen molar-refractivity contribution in [1.82, 2.24) is 18.3 Å². The van der Waals surface area contributed by atoms with Crippen LogP contribution in [0.2, 0.25) is 0 Å². The maximum absolute atomic E-state index is 11.3. The van der Waals surface area contributed by atoms with Gasteiger partial charge >= 0.3 is 0 Å². The lowest BCUT2D eigenvalue weighted by Crippen LogP contribution is -2.02. The van der Waals surface area contributed by atoms with Gasteiger partial charge in [0, 0.05) is 54.5 Å². The molecule has 0 saturated carbocycles. The van der Waals surface area contributed by atoms with Crippen molar-refractivity contribution in [3.05, 3.63) is 223 Å². The van der Waals surface area contributed by atoms with Crippen LogP contribution in [-0.2, 0) is 0 Å². The molecule has 14 aromatic rings. The first-order valence-electron chi connectivity index (χ1n) is 22.1. The highest BCUT2D eigenvalue weighted by molar-refractivity contribution is 6.22. The number of aromatic nitrogens is 4. The van der Waals surface area contributed by atoms with Gasteiger partial charge in [0.25, 0.3) is 0 Å². The van der Waals surface area contributed by atoms with Gasteiger partial charge in [0.2, 0.25) is 5.69 Å². The van der Waals surface area contributed by atoms with E-state index in [-0.39, 0.29) is 0 Å². The van der Waals surface area contributed by atoms with Crippen molar-refractivity contribution < 1.29 is 0 Å². The third-order valence-corrected chi connectivity index (χ3v) is 13.8. The number of hydrogen-bond donors (Lipinski definition) is 0. The molecule has 10 aromatic carbocycles. The highest BCUT2D eigenvalue weighted by Crippen LogP contribution is 2.45. The van der Waals surface area contributed by atoms with Crippen LogP contribution in [0.25, 0.3) is 126 Å². The van der Waals surface area contributed by atoms with Gasteiger partial charge in [-0.2, -0.15) is 5.26 Å². The lowest BCUT2D eigenvalue weighted by Gasteiger charge is -2.16. The summed E-state index contributed by atoms with van der Waals surface area (Å²) in [6, 6.07) is 75.1. The molecule has 0 aliphatic rings. The Bertz CT molecular complexity index is 4430. The second-order valence-corrected chi connectivity index (χ2v) is 17.1. The van der Waals surface area contributed by atoms with Crippen LogP contribution in [0.1, 0.15) is 5.56 Å². The quantitative estimate of drug-likeness (QED) is 0.163. The summed E-state index contributed by atoms with van der Waals surface area (Å²) in [7, 11) is 0. The standard InChI is InChI=1S/C60H34N6/c1-62-49-35-56(38(36-61)31-59(49)65-53-26-14-10-22-45(53)60-41-18-6-5-15-37(41)27-29-55(60)65)66-54-30-28-40(64-50-23-11-7-19-42(50)43-20-8-12-24-51(43)64)32-46(54)48-34-57-47(33-58(48)66)44-21-9-13-25-52(44)63(57)39-16-3-2-4-17-39/h2-35H. The Hall–Kier alpha value is -9.36. The molecule has 4 aromatic heterocycles. The van der Waals surface area contributed by atoms with Crippen LogP contribution in [0.5, 0.6) is 0 Å². The second-order valence-electron chi connectivity index (χ2n) is 17.1. The summed E-state index contributed by atoms with van der Waals surface area (Å²) in [5.41, 5.74) is 12.7.